The maximum absolute atomic E-state index is 12.9. The van der Waals surface area contributed by atoms with E-state index in [9.17, 15) is 19.8 Å². The second-order valence-electron chi connectivity index (χ2n) is 9.36. The molecular formula is C24H33N6NaO6. The molecule has 196 valence electrons. The van der Waals surface area contributed by atoms with Crippen LogP contribution in [0, 0.1) is 5.92 Å². The molecule has 13 heteroatoms. The number of aromatic nitrogens is 4. The van der Waals surface area contributed by atoms with Crippen LogP contribution in [-0.4, -0.2) is 75.5 Å². The first-order valence-electron chi connectivity index (χ1n) is 12.3. The smallest absolute Gasteiger partial charge is 0.550 e. The van der Waals surface area contributed by atoms with Gasteiger partial charge in [0.25, 0.3) is 0 Å². The summed E-state index contributed by atoms with van der Waals surface area (Å²) in [6, 6.07) is 3.74. The molecule has 1 aromatic heterocycles. The summed E-state index contributed by atoms with van der Waals surface area (Å²) in [6.45, 7) is 1.77. The van der Waals surface area contributed by atoms with E-state index in [1.54, 1.807) is 18.9 Å². The number of carbonyl (C=O) groups excluding carboxylic acids is 2. The maximum Gasteiger partial charge on any atom is 1.00 e. The number of ether oxygens (including phenoxy) is 2. The van der Waals surface area contributed by atoms with E-state index >= 15 is 0 Å². The number of hydrogen-bond acceptors (Lipinski definition) is 10. The van der Waals surface area contributed by atoms with Gasteiger partial charge in [0.2, 0.25) is 5.91 Å². The molecule has 0 saturated heterocycles. The number of fused-ring (bicyclic) bond motifs is 1. The van der Waals surface area contributed by atoms with Crippen LogP contribution in [0.3, 0.4) is 0 Å². The van der Waals surface area contributed by atoms with Crippen molar-refractivity contribution in [2.75, 3.05) is 27.3 Å². The fourth-order valence-corrected chi connectivity index (χ4v) is 4.65. The van der Waals surface area contributed by atoms with Gasteiger partial charge in [0.1, 0.15) is 0 Å². The van der Waals surface area contributed by atoms with Crippen LogP contribution in [0.2, 0.25) is 0 Å². The number of nitrogens with one attached hydrogen (secondary N) is 1. The van der Waals surface area contributed by atoms with Gasteiger partial charge in [-0.15, -0.1) is 5.10 Å². The molecule has 0 bridgehead atoms. The average Bonchev–Trinajstić information content (AvgIpc) is 3.60. The Morgan fingerprint density at radius 3 is 2.57 bits per heavy atom. The Kier molecular flexibility index (Phi) is 10.7. The molecule has 2 atom stereocenters. The van der Waals surface area contributed by atoms with Crippen molar-refractivity contribution in [3.63, 3.8) is 0 Å². The van der Waals surface area contributed by atoms with Gasteiger partial charge in [0.05, 0.1) is 26.4 Å². The molecule has 2 unspecified atom stereocenters. The Labute approximate surface area is 238 Å². The van der Waals surface area contributed by atoms with Gasteiger partial charge in [-0.3, -0.25) is 4.79 Å². The quantitative estimate of drug-likeness (QED) is 0.253. The van der Waals surface area contributed by atoms with Crippen molar-refractivity contribution in [2.24, 2.45) is 5.92 Å². The van der Waals surface area contributed by atoms with E-state index in [0.717, 1.165) is 24.8 Å². The van der Waals surface area contributed by atoms with Gasteiger partial charge in [-0.25, -0.2) is 4.68 Å². The zero-order valence-electron chi connectivity index (χ0n) is 21.7. The number of aryl methyl sites for hydroxylation is 1. The Bertz CT molecular complexity index is 1080. The number of aliphatic hydroxyl groups is 1. The van der Waals surface area contributed by atoms with E-state index in [2.05, 4.69) is 20.8 Å². The Balaban J connectivity index is 0.00000380. The number of nitrogens with zero attached hydrogens (tertiary/aromatic N) is 5. The molecule has 1 aliphatic carbocycles. The topological polar surface area (TPSA) is 155 Å². The molecule has 2 aromatic rings. The van der Waals surface area contributed by atoms with Crippen LogP contribution in [0.4, 0.5) is 0 Å². The van der Waals surface area contributed by atoms with Gasteiger partial charge in [-0.2, -0.15) is 0 Å². The van der Waals surface area contributed by atoms with Gasteiger partial charge in [-0.05, 0) is 65.3 Å². The molecule has 4 rings (SSSR count). The number of methoxy groups -OCH3 is 2. The molecule has 1 aliphatic heterocycles. The van der Waals surface area contributed by atoms with Crippen molar-refractivity contribution in [1.29, 1.82) is 0 Å². The van der Waals surface area contributed by atoms with Gasteiger partial charge in [-0.1, -0.05) is 0 Å². The second kappa shape index (κ2) is 13.5. The van der Waals surface area contributed by atoms with E-state index in [0.29, 0.717) is 55.7 Å². The minimum Gasteiger partial charge on any atom is -0.550 e. The van der Waals surface area contributed by atoms with Crippen LogP contribution >= 0.6 is 0 Å². The number of amides is 1. The summed E-state index contributed by atoms with van der Waals surface area (Å²) in [4.78, 5) is 25.5. The van der Waals surface area contributed by atoms with Crippen molar-refractivity contribution in [2.45, 2.75) is 63.8 Å². The number of tetrazole rings is 1. The fourth-order valence-electron chi connectivity index (χ4n) is 4.65. The third-order valence-electron chi connectivity index (χ3n) is 6.74. The number of rotatable bonds is 13. The third-order valence-corrected chi connectivity index (χ3v) is 6.74. The van der Waals surface area contributed by atoms with Crippen molar-refractivity contribution in [1.82, 2.24) is 30.4 Å². The number of benzene rings is 1. The van der Waals surface area contributed by atoms with Gasteiger partial charge >= 0.3 is 29.6 Å². The number of carbonyl (C=O) groups is 2. The number of carboxylic acids is 1. The summed E-state index contributed by atoms with van der Waals surface area (Å²) < 4.78 is 12.5. The van der Waals surface area contributed by atoms with E-state index in [1.165, 1.54) is 5.56 Å². The van der Waals surface area contributed by atoms with Crippen LogP contribution in [0.1, 0.15) is 55.1 Å². The molecule has 2 N–H and O–H groups in total. The monoisotopic (exact) mass is 524 g/mol. The Morgan fingerprint density at radius 2 is 1.92 bits per heavy atom. The van der Waals surface area contributed by atoms with Crippen LogP contribution in [-0.2, 0) is 29.1 Å². The number of carboxylic acid groups (broad SMARTS) is 1. The molecular weight excluding hydrogens is 491 g/mol. The van der Waals surface area contributed by atoms with Crippen LogP contribution in [0.15, 0.2) is 12.1 Å². The molecule has 2 heterocycles. The second-order valence-corrected chi connectivity index (χ2v) is 9.36. The first kappa shape index (κ1) is 29.3. The van der Waals surface area contributed by atoms with Gasteiger partial charge < -0.3 is 34.7 Å². The van der Waals surface area contributed by atoms with Crippen molar-refractivity contribution in [3.05, 3.63) is 29.1 Å². The molecule has 37 heavy (non-hydrogen) atoms. The summed E-state index contributed by atoms with van der Waals surface area (Å²) in [7, 11) is 3.21. The number of aliphatic hydroxyl groups excluding tert-OH is 1. The normalized spacial score (nSPS) is 16.4. The Hall–Kier alpha value is -2.25. The maximum atomic E-state index is 12.9. The number of aliphatic carboxylic acids is 1. The molecule has 0 radical (unpaired) electrons. The predicted molar refractivity (Wildman–Crippen MR) is 125 cm³/mol. The van der Waals surface area contributed by atoms with Crippen molar-refractivity contribution < 1.29 is 58.8 Å². The first-order chi connectivity index (χ1) is 17.4. The standard InChI is InChI=1S/C24H34N6O6.Na/c1-35-19-10-16-7-9-29(14-17(16)11-20(19)36-2)21(32)4-3-8-30-24(26-27-28-30)23(15-5-6-15)25-13-18(31)12-22(33)34;/h10-11,15,18,23,25,31H,3-9,12-14H2,1-2H3,(H,33,34);/q;+1/p-1. The summed E-state index contributed by atoms with van der Waals surface area (Å²) in [5.74, 6) is 1.10. The zero-order valence-corrected chi connectivity index (χ0v) is 23.7. The molecule has 2 aliphatic rings. The summed E-state index contributed by atoms with van der Waals surface area (Å²) in [5.41, 5.74) is 2.23. The number of hydrogen-bond donors (Lipinski definition) is 2. The van der Waals surface area contributed by atoms with Crippen LogP contribution in [0.25, 0.3) is 0 Å². The molecule has 1 saturated carbocycles. The fraction of sp³-hybridized carbons (Fsp3) is 0.625. The minimum atomic E-state index is -1.29. The summed E-state index contributed by atoms with van der Waals surface area (Å²) in [5, 5.41) is 35.9. The largest absolute Gasteiger partial charge is 1.00 e. The predicted octanol–water partition coefficient (Wildman–Crippen LogP) is -3.40. The van der Waals surface area contributed by atoms with Gasteiger partial charge in [0, 0.05) is 45.0 Å². The van der Waals surface area contributed by atoms with E-state index in [-0.39, 0.29) is 48.1 Å². The first-order valence-corrected chi connectivity index (χ1v) is 12.3. The van der Waals surface area contributed by atoms with Gasteiger partial charge in [0.15, 0.2) is 17.3 Å². The van der Waals surface area contributed by atoms with E-state index < -0.39 is 18.5 Å². The Morgan fingerprint density at radius 1 is 1.22 bits per heavy atom. The minimum absolute atomic E-state index is 0. The molecule has 12 nitrogen and oxygen atoms in total. The third kappa shape index (κ3) is 7.64. The zero-order chi connectivity index (χ0) is 25.7. The van der Waals surface area contributed by atoms with Crippen molar-refractivity contribution in [3.8, 4) is 11.5 Å². The average molecular weight is 525 g/mol. The molecule has 1 amide bonds. The van der Waals surface area contributed by atoms with E-state index in [4.69, 9.17) is 9.47 Å². The van der Waals surface area contributed by atoms with Crippen LogP contribution in [0.5, 0.6) is 11.5 Å². The van der Waals surface area contributed by atoms with E-state index in [1.807, 2.05) is 17.0 Å². The molecule has 0 spiro atoms. The SMILES string of the molecule is COc1cc2c(cc1OC)CN(C(=O)CCCn1nnnc1C(NCC(O)CC(=O)[O-])C1CC1)CC2.[Na+]. The summed E-state index contributed by atoms with van der Waals surface area (Å²) in [6.07, 6.45) is 2.24. The molecule has 1 aromatic carbocycles. The molecule has 1 fully saturated rings. The van der Waals surface area contributed by atoms with Crippen LogP contribution < -0.4 is 49.5 Å². The summed E-state index contributed by atoms with van der Waals surface area (Å²) >= 11 is 0. The van der Waals surface area contributed by atoms with Crippen molar-refractivity contribution >= 4 is 11.9 Å².